The fourth-order valence-electron chi connectivity index (χ4n) is 11.1. The van der Waals surface area contributed by atoms with E-state index < -0.39 is 36.1 Å². The molecule has 74 heavy (non-hydrogen) atoms. The van der Waals surface area contributed by atoms with Crippen LogP contribution in [0.1, 0.15) is 87.2 Å². The minimum atomic E-state index is -2.10. The Hall–Kier alpha value is -6.95. The second kappa shape index (κ2) is 24.4. The Morgan fingerprint density at radius 3 is 0.865 bits per heavy atom. The molecule has 0 radical (unpaired) electrons. The number of aliphatic hydroxyl groups is 4. The lowest BCUT2D eigenvalue weighted by molar-refractivity contribution is -0.757. The molecule has 382 valence electrons. The molecule has 0 amide bonds. The van der Waals surface area contributed by atoms with E-state index in [4.69, 9.17) is 18.8 Å². The highest BCUT2D eigenvalue weighted by Crippen LogP contribution is 2.34. The molecule has 4 aliphatic rings. The van der Waals surface area contributed by atoms with Gasteiger partial charge in [0.1, 0.15) is 23.0 Å². The van der Waals surface area contributed by atoms with Crippen LogP contribution in [0, 0.1) is 0 Å². The monoisotopic (exact) mass is 993 g/mol. The summed E-state index contributed by atoms with van der Waals surface area (Å²) < 4.78 is 30.7. The van der Waals surface area contributed by atoms with E-state index in [1.54, 1.807) is 9.48 Å². The molecule has 7 aromatic rings. The summed E-state index contributed by atoms with van der Waals surface area (Å²) in [6, 6.07) is 71.5. The first-order valence-corrected chi connectivity index (χ1v) is 26.6. The van der Waals surface area contributed by atoms with Gasteiger partial charge in [-0.15, -0.1) is 21.9 Å². The first-order chi connectivity index (χ1) is 36.3. The van der Waals surface area contributed by atoms with Crippen LogP contribution in [-0.4, -0.2) is 92.3 Å². The van der Waals surface area contributed by atoms with Crippen molar-refractivity contribution in [2.24, 2.45) is 0 Å². The van der Waals surface area contributed by atoms with E-state index in [1.807, 2.05) is 218 Å². The molecule has 2 atom stereocenters. The topological polar surface area (TPSA) is 124 Å². The highest BCUT2D eigenvalue weighted by molar-refractivity contribution is 6.94. The minimum absolute atomic E-state index is 0.132. The summed E-state index contributed by atoms with van der Waals surface area (Å²) >= 11 is 0. The molecule has 10 nitrogen and oxygen atoms in total. The maximum absolute atomic E-state index is 11.4. The van der Waals surface area contributed by atoms with Crippen molar-refractivity contribution in [3.63, 3.8) is 0 Å². The largest absolute Gasteiger partial charge is 0.624 e. The standard InChI is InChI=1S/2C28H32BNO4.C6H6/c2*31-21-26(23-13-5-1-6-14-23)27-30(22-28(32)19-11-4-12-20-28)34-29(33-27,24-15-7-2-8-16-24)25-17-9-3-10-18-25;1-2-4-6-5-3-1/h2*1-3,5-10,13-18,26,31-32H,4,11-12,19-22H2;1-6H/t2*26-;/m10./s1. The van der Waals surface area contributed by atoms with E-state index in [2.05, 4.69) is 0 Å². The maximum atomic E-state index is 11.4. The Bertz CT molecular complexity index is 2570. The minimum Gasteiger partial charge on any atom is -0.624 e. The van der Waals surface area contributed by atoms with Gasteiger partial charge in [0.25, 0.3) is 0 Å². The molecule has 0 saturated heterocycles. The van der Waals surface area contributed by atoms with Crippen LogP contribution in [0.2, 0.25) is 0 Å². The van der Waals surface area contributed by atoms with E-state index in [0.29, 0.717) is 24.9 Å². The summed E-state index contributed by atoms with van der Waals surface area (Å²) in [5.41, 5.74) is 3.81. The number of hydrogen-bond acceptors (Lipinski definition) is 8. The molecule has 2 saturated carbocycles. The van der Waals surface area contributed by atoms with Gasteiger partial charge in [0.05, 0.1) is 13.2 Å². The normalized spacial score (nSPS) is 18.9. The zero-order valence-corrected chi connectivity index (χ0v) is 42.3. The van der Waals surface area contributed by atoms with Crippen LogP contribution >= 0.6 is 0 Å². The zero-order chi connectivity index (χ0) is 51.1. The average molecular weight is 993 g/mol. The van der Waals surface area contributed by atoms with Crippen molar-refractivity contribution in [1.82, 2.24) is 0 Å². The van der Waals surface area contributed by atoms with Crippen LogP contribution in [0.3, 0.4) is 0 Å². The Kier molecular flexibility index (Phi) is 17.1. The van der Waals surface area contributed by atoms with Crippen molar-refractivity contribution in [1.29, 1.82) is 0 Å². The van der Waals surface area contributed by atoms with Crippen molar-refractivity contribution in [2.75, 3.05) is 26.3 Å². The molecular weight excluding hydrogens is 922 g/mol. The van der Waals surface area contributed by atoms with Crippen LogP contribution in [0.4, 0.5) is 0 Å². The average Bonchev–Trinajstić information content (AvgIpc) is 4.04. The number of β-amino-alcohol motifs (C(OH)–C–C–N with tert-alkyl or cyclic N) is 2. The van der Waals surface area contributed by atoms with Crippen LogP contribution in [0.5, 0.6) is 0 Å². The Morgan fingerprint density at radius 2 is 0.608 bits per heavy atom. The van der Waals surface area contributed by atoms with Crippen LogP contribution in [-0.2, 0) is 18.8 Å². The lowest BCUT2D eigenvalue weighted by Crippen LogP contribution is -2.62. The van der Waals surface area contributed by atoms with Crippen molar-refractivity contribution >= 4 is 46.7 Å². The van der Waals surface area contributed by atoms with Crippen LogP contribution < -0.4 is 21.9 Å². The molecule has 2 heterocycles. The van der Waals surface area contributed by atoms with Gasteiger partial charge in [0.2, 0.25) is 13.1 Å². The summed E-state index contributed by atoms with van der Waals surface area (Å²) in [6.07, 6.45) is 9.18. The van der Waals surface area contributed by atoms with Gasteiger partial charge in [-0.2, -0.15) is 0 Å². The van der Waals surface area contributed by atoms with Gasteiger partial charge >= 0.3 is 24.9 Å². The molecular formula is C62H70B2N2O8. The quantitative estimate of drug-likeness (QED) is 0.0642. The van der Waals surface area contributed by atoms with Gasteiger partial charge in [-0.25, -0.2) is 0 Å². The first kappa shape index (κ1) is 51.9. The summed E-state index contributed by atoms with van der Waals surface area (Å²) in [6.45, 7) is -3.86. The lowest BCUT2D eigenvalue weighted by Gasteiger charge is -2.33. The fraction of sp³-hybridized carbons (Fsp3) is 0.290. The van der Waals surface area contributed by atoms with E-state index in [-0.39, 0.29) is 13.2 Å². The predicted molar refractivity (Wildman–Crippen MR) is 295 cm³/mol. The number of hydroxylamine groups is 2. The highest BCUT2D eigenvalue weighted by Gasteiger charge is 2.54. The van der Waals surface area contributed by atoms with Crippen LogP contribution in [0.15, 0.2) is 218 Å². The number of rotatable bonds is 14. The third-order valence-corrected chi connectivity index (χ3v) is 15.0. The van der Waals surface area contributed by atoms with Gasteiger partial charge in [-0.3, -0.25) is 0 Å². The van der Waals surface area contributed by atoms with E-state index in [1.165, 1.54) is 0 Å². The molecule has 0 unspecified atom stereocenters. The second-order valence-electron chi connectivity index (χ2n) is 20.3. The summed E-state index contributed by atoms with van der Waals surface area (Å²) in [5.74, 6) is 0.259. The second-order valence-corrected chi connectivity index (χ2v) is 20.3. The molecule has 0 bridgehead atoms. The molecule has 7 aromatic carbocycles. The van der Waals surface area contributed by atoms with Crippen LogP contribution in [0.25, 0.3) is 0 Å². The third-order valence-electron chi connectivity index (χ3n) is 15.0. The summed E-state index contributed by atoms with van der Waals surface area (Å²) in [5, 5.41) is 43.9. The molecule has 12 heteroatoms. The molecule has 0 aromatic heterocycles. The molecule has 4 N–H and O–H groups in total. The van der Waals surface area contributed by atoms with E-state index >= 15 is 0 Å². The first-order valence-electron chi connectivity index (χ1n) is 26.6. The maximum Gasteiger partial charge on any atom is 0.472 e. The Balaban J connectivity index is 0.000000163. The van der Waals surface area contributed by atoms with Gasteiger partial charge in [-0.1, -0.05) is 257 Å². The predicted octanol–water partition coefficient (Wildman–Crippen LogP) is 7.86. The van der Waals surface area contributed by atoms with E-state index in [9.17, 15) is 20.4 Å². The molecule has 0 spiro atoms. The molecule has 2 fully saturated rings. The Labute approximate surface area is 436 Å². The highest BCUT2D eigenvalue weighted by atomic mass is 16.8. The van der Waals surface area contributed by atoms with Crippen molar-refractivity contribution < 1.29 is 48.7 Å². The molecule has 11 rings (SSSR count). The summed E-state index contributed by atoms with van der Waals surface area (Å²) in [4.78, 5) is 0. The van der Waals surface area contributed by atoms with Gasteiger partial charge in [-0.05, 0) is 46.3 Å². The SMILES string of the molecule is OC[C@@H](C1=[N+](CC2(O)CCCCC2)O[B-](c2ccccc2)(c2ccccc2)O1)c1ccccc1.OC[C@H](C1=[N+](CC2(O)CCCCC2)O[B-](c2ccccc2)(c2ccccc2)O1)c1ccccc1.c1ccccc1. The van der Waals surface area contributed by atoms with Gasteiger partial charge in [0, 0.05) is 0 Å². The number of hydrogen-bond donors (Lipinski definition) is 4. The molecule has 2 aliphatic carbocycles. The summed E-state index contributed by atoms with van der Waals surface area (Å²) in [7, 11) is 0. The molecule has 2 aliphatic heterocycles. The third kappa shape index (κ3) is 12.0. The van der Waals surface area contributed by atoms with Crippen molar-refractivity contribution in [2.45, 2.75) is 87.2 Å². The lowest BCUT2D eigenvalue weighted by atomic mass is 9.46. The van der Waals surface area contributed by atoms with E-state index in [0.717, 1.165) is 97.2 Å². The van der Waals surface area contributed by atoms with Gasteiger partial charge in [0.15, 0.2) is 0 Å². The van der Waals surface area contributed by atoms with Gasteiger partial charge < -0.3 is 39.2 Å². The fourth-order valence-corrected chi connectivity index (χ4v) is 11.1. The zero-order valence-electron chi connectivity index (χ0n) is 42.3. The number of benzene rings is 7. The number of aliphatic hydroxyl groups excluding tert-OH is 2. The Morgan fingerprint density at radius 1 is 0.365 bits per heavy atom. The van der Waals surface area contributed by atoms with Crippen molar-refractivity contribution in [3.8, 4) is 0 Å². The van der Waals surface area contributed by atoms with Crippen molar-refractivity contribution in [3.05, 3.63) is 230 Å². The smallest absolute Gasteiger partial charge is 0.472 e. The number of nitrogens with zero attached hydrogens (tertiary/aromatic N) is 2.